The molecule has 0 aliphatic rings. The lowest BCUT2D eigenvalue weighted by molar-refractivity contribution is -0.138. The monoisotopic (exact) mass is 1290 g/mol. The van der Waals surface area contributed by atoms with Gasteiger partial charge in [-0.15, -0.1) is 0 Å². The van der Waals surface area contributed by atoms with Crippen molar-refractivity contribution in [1.82, 2.24) is 18.7 Å². The minimum Gasteiger partial charge on any atom is -0.497 e. The summed E-state index contributed by atoms with van der Waals surface area (Å²) in [4.78, 5) is 6.54. The molecule has 0 amide bonds. The number of sulfone groups is 1. The molecule has 2 heterocycles. The first-order chi connectivity index (χ1) is 41.7. The lowest BCUT2D eigenvalue weighted by atomic mass is 10.1. The predicted molar refractivity (Wildman–Crippen MR) is 302 cm³/mol. The number of benzene rings is 7. The lowest BCUT2D eigenvalue weighted by Crippen LogP contribution is -2.31. The van der Waals surface area contributed by atoms with Crippen LogP contribution in [0.15, 0.2) is 149 Å². The van der Waals surface area contributed by atoms with Gasteiger partial charge in [0, 0.05) is 67.7 Å². The standard InChI is InChI=1S/C32H26F5N3O6S2.C24H17F5N2O4S2.C2H6/c1-43-22-10-9-20(27(15-22)45-3)18-40(31-38-30(39-47-31)11-19-7-5-4-6-8-19)48(41,42)29-17-25(33)28(16-26(29)34)46-24-13-21(32(35,36)37)12-23(14-24)44-2;1-34-16-8-15(24(27,28)29)9-17(10-16)35-20-11-19(26)21(12-18(20)25)37(32,33)13-23-30-22(31-36-23)7-14-5-3-2-4-6-14;1-2/h4-10,12-17H,11,18H2,1-3H3;2-6,8-12H,7,13H2,1H3;1-2H3/i;;1D. The van der Waals surface area contributed by atoms with E-state index in [1.807, 2.05) is 60.7 Å². The third-order valence-electron chi connectivity index (χ3n) is 11.9. The van der Waals surface area contributed by atoms with Crippen molar-refractivity contribution in [3.8, 4) is 46.0 Å². The van der Waals surface area contributed by atoms with Crippen molar-refractivity contribution < 1.29 is 90.5 Å². The van der Waals surface area contributed by atoms with Gasteiger partial charge in [-0.1, -0.05) is 74.5 Å². The number of hydrogen-bond donors (Lipinski definition) is 0. The van der Waals surface area contributed by atoms with E-state index in [9.17, 15) is 52.0 Å². The molecule has 87 heavy (non-hydrogen) atoms. The number of sulfonamides is 1. The van der Waals surface area contributed by atoms with Crippen LogP contribution in [0, 0.1) is 23.3 Å². The van der Waals surface area contributed by atoms with Crippen molar-refractivity contribution >= 4 is 48.1 Å². The van der Waals surface area contributed by atoms with Crippen LogP contribution in [0.1, 0.15) is 59.7 Å². The van der Waals surface area contributed by atoms with Gasteiger partial charge in [-0.2, -0.15) is 35.1 Å². The van der Waals surface area contributed by atoms with E-state index in [4.69, 9.17) is 29.8 Å². The van der Waals surface area contributed by atoms with Crippen LogP contribution in [0.5, 0.6) is 46.0 Å². The highest BCUT2D eigenvalue weighted by Crippen LogP contribution is 2.41. The molecule has 0 spiro atoms. The van der Waals surface area contributed by atoms with E-state index in [2.05, 4.69) is 18.7 Å². The van der Waals surface area contributed by atoms with Crippen LogP contribution in [-0.2, 0) is 57.4 Å². The normalized spacial score (nSPS) is 11.7. The second-order valence-electron chi connectivity index (χ2n) is 17.8. The Morgan fingerprint density at radius 1 is 0.517 bits per heavy atom. The number of nitrogens with zero attached hydrogens (tertiary/aromatic N) is 5. The summed E-state index contributed by atoms with van der Waals surface area (Å²) in [6.45, 7) is 1.86. The number of anilines is 1. The average Bonchev–Trinajstić information content (AvgIpc) is 1.41. The smallest absolute Gasteiger partial charge is 0.416 e. The zero-order valence-corrected chi connectivity index (χ0v) is 49.3. The number of halogens is 10. The van der Waals surface area contributed by atoms with E-state index >= 15 is 8.78 Å². The molecule has 0 bridgehead atoms. The van der Waals surface area contributed by atoms with Crippen LogP contribution in [-0.4, -0.2) is 64.0 Å². The summed E-state index contributed by atoms with van der Waals surface area (Å²) in [6.07, 6.45) is -8.91. The van der Waals surface area contributed by atoms with Gasteiger partial charge >= 0.3 is 12.4 Å². The highest BCUT2D eigenvalue weighted by atomic mass is 32.2. The predicted octanol–water partition coefficient (Wildman–Crippen LogP) is 14.9. The number of methoxy groups -OCH3 is 4. The number of aromatic nitrogens is 4. The Balaban J connectivity index is 0.000000248. The summed E-state index contributed by atoms with van der Waals surface area (Å²) in [5.74, 6) is -7.99. The highest BCUT2D eigenvalue weighted by Gasteiger charge is 2.36. The largest absolute Gasteiger partial charge is 0.497 e. The van der Waals surface area contributed by atoms with Gasteiger partial charge in [0.15, 0.2) is 33.0 Å². The fourth-order valence-corrected chi connectivity index (χ4v) is 12.5. The fraction of sp³-hybridized carbons (Fsp3) is 0.207. The molecular formula is C58H49F10N5O10S4. The molecule has 0 unspecified atom stereocenters. The molecule has 460 valence electrons. The van der Waals surface area contributed by atoms with Crippen molar-refractivity contribution in [1.29, 1.82) is 0 Å². The van der Waals surface area contributed by atoms with Gasteiger partial charge in [-0.05, 0) is 65.1 Å². The molecule has 0 aliphatic heterocycles. The third kappa shape index (κ3) is 16.9. The molecule has 9 rings (SSSR count). The number of alkyl halides is 6. The van der Waals surface area contributed by atoms with E-state index < -0.39 is 112 Å². The van der Waals surface area contributed by atoms with Gasteiger partial charge in [0.25, 0.3) is 10.0 Å². The molecule has 0 N–H and O–H groups in total. The zero-order valence-electron chi connectivity index (χ0n) is 47.0. The minimum atomic E-state index is -4.92. The highest BCUT2D eigenvalue weighted by molar-refractivity contribution is 7.93. The molecule has 0 aliphatic carbocycles. The molecule has 0 saturated heterocycles. The van der Waals surface area contributed by atoms with Gasteiger partial charge in [-0.3, -0.25) is 0 Å². The SMILES string of the molecule is COc1cc(Oc2cc(F)c(S(=O)(=O)Cc3nc(Cc4ccccc4)ns3)cc2F)cc(C(F)(F)F)c1.COc1cc(Oc2cc(F)c(S(=O)(=O)N(Cc3ccc(OC)cc3OC)c3nc(Cc4ccccc4)ns3)cc2F)cc(C(F)(F)F)c1.[2H]CC. The van der Waals surface area contributed by atoms with Crippen LogP contribution >= 0.6 is 23.1 Å². The maximum atomic E-state index is 15.7. The summed E-state index contributed by atoms with van der Waals surface area (Å²) in [5, 5.41) is -0.0582. The third-order valence-corrected chi connectivity index (χ3v) is 17.1. The summed E-state index contributed by atoms with van der Waals surface area (Å²) in [5.41, 5.74) is -0.191. The van der Waals surface area contributed by atoms with Crippen LogP contribution in [0.3, 0.4) is 0 Å². The van der Waals surface area contributed by atoms with Gasteiger partial charge in [-0.25, -0.2) is 48.7 Å². The summed E-state index contributed by atoms with van der Waals surface area (Å²) in [7, 11) is -4.25. The second-order valence-corrected chi connectivity index (χ2v) is 23.1. The summed E-state index contributed by atoms with van der Waals surface area (Å²) < 4.78 is 240. The van der Waals surface area contributed by atoms with Gasteiger partial charge in [0.05, 0.1) is 46.1 Å². The first-order valence-electron chi connectivity index (χ1n) is 25.7. The van der Waals surface area contributed by atoms with E-state index in [1.54, 1.807) is 19.1 Å². The Hall–Kier alpha value is -8.54. The summed E-state index contributed by atoms with van der Waals surface area (Å²) >= 11 is 1.56. The number of ether oxygens (including phenoxy) is 6. The Bertz CT molecular complexity index is 4090. The molecular weight excluding hydrogens is 1240 g/mol. The average molecular weight is 1300 g/mol. The van der Waals surface area contributed by atoms with Crippen LogP contribution in [0.25, 0.3) is 0 Å². The van der Waals surface area contributed by atoms with E-state index in [1.165, 1.54) is 20.3 Å². The van der Waals surface area contributed by atoms with Crippen molar-refractivity contribution in [3.05, 3.63) is 207 Å². The molecule has 7 aromatic carbocycles. The van der Waals surface area contributed by atoms with E-state index in [0.29, 0.717) is 79.0 Å². The molecule has 15 nitrogen and oxygen atoms in total. The van der Waals surface area contributed by atoms with Gasteiger partial charge in [0.1, 0.15) is 78.3 Å². The first kappa shape index (κ1) is 64.5. The van der Waals surface area contributed by atoms with Crippen LogP contribution < -0.4 is 32.7 Å². The van der Waals surface area contributed by atoms with Crippen LogP contribution in [0.2, 0.25) is 0 Å². The van der Waals surface area contributed by atoms with Crippen molar-refractivity contribution in [2.24, 2.45) is 0 Å². The molecule has 0 fully saturated rings. The van der Waals surface area contributed by atoms with Crippen molar-refractivity contribution in [3.63, 3.8) is 0 Å². The molecule has 0 atom stereocenters. The zero-order chi connectivity index (χ0) is 64.1. The topological polar surface area (TPSA) is 178 Å². The Morgan fingerprint density at radius 2 is 0.977 bits per heavy atom. The minimum absolute atomic E-state index is 0.0853. The van der Waals surface area contributed by atoms with Gasteiger partial charge in [0.2, 0.25) is 5.13 Å². The second kappa shape index (κ2) is 28.3. The lowest BCUT2D eigenvalue weighted by Gasteiger charge is -2.23. The molecule has 0 saturated carbocycles. The molecule has 29 heteroatoms. The maximum Gasteiger partial charge on any atom is 0.416 e. The van der Waals surface area contributed by atoms with Crippen LogP contribution in [0.4, 0.5) is 49.0 Å². The fourth-order valence-electron chi connectivity index (χ4n) is 7.84. The van der Waals surface area contributed by atoms with Crippen molar-refractivity contribution in [2.45, 2.75) is 61.1 Å². The van der Waals surface area contributed by atoms with Crippen molar-refractivity contribution in [2.75, 3.05) is 32.7 Å². The maximum absolute atomic E-state index is 15.7. The molecule has 0 radical (unpaired) electrons. The number of rotatable bonds is 20. The summed E-state index contributed by atoms with van der Waals surface area (Å²) in [6, 6.07) is 29.3. The molecule has 9 aromatic rings. The van der Waals surface area contributed by atoms with E-state index in [-0.39, 0.29) is 39.6 Å². The Kier molecular flexibility index (Phi) is 21.0. The van der Waals surface area contributed by atoms with E-state index in [0.717, 1.165) is 64.8 Å². The Morgan fingerprint density at radius 3 is 1.46 bits per heavy atom. The Labute approximate surface area is 502 Å². The van der Waals surface area contributed by atoms with Gasteiger partial charge < -0.3 is 28.4 Å². The number of hydrogen-bond acceptors (Lipinski definition) is 16. The quantitative estimate of drug-likeness (QED) is 0.0658. The molecule has 2 aromatic heterocycles. The first-order valence-corrected chi connectivity index (χ1v) is 29.7.